The fourth-order valence-electron chi connectivity index (χ4n) is 3.80. The number of fused-ring (bicyclic) bond motifs is 4. The Hall–Kier alpha value is -3.72. The van der Waals surface area contributed by atoms with Crippen LogP contribution in [0.2, 0.25) is 0 Å². The average Bonchev–Trinajstić information content (AvgIpc) is 2.71. The van der Waals surface area contributed by atoms with Crippen LogP contribution < -0.4 is 0 Å². The Labute approximate surface area is 155 Å². The predicted molar refractivity (Wildman–Crippen MR) is 107 cm³/mol. The van der Waals surface area contributed by atoms with E-state index >= 15 is 0 Å². The van der Waals surface area contributed by atoms with Gasteiger partial charge < -0.3 is 5.11 Å². The Balaban J connectivity index is 1.84. The first-order valence-electron chi connectivity index (χ1n) is 8.69. The molecule has 0 aromatic heterocycles. The highest BCUT2D eigenvalue weighted by Gasteiger charge is 2.34. The number of aliphatic hydroxyl groups excluding tert-OH is 1. The van der Waals surface area contributed by atoms with E-state index < -0.39 is 11.6 Å². The number of Topliss-reactive ketones (excluding diaryl/α,β-unsaturated/α-hetero) is 2. The lowest BCUT2D eigenvalue weighted by atomic mass is 9.82. The Morgan fingerprint density at radius 1 is 0.630 bits per heavy atom. The fraction of sp³-hybridized carbons (Fsp3) is 0. The third-order valence-electron chi connectivity index (χ3n) is 5.12. The lowest BCUT2D eigenvalue weighted by Crippen LogP contribution is -2.23. The summed E-state index contributed by atoms with van der Waals surface area (Å²) in [6, 6.07) is 24.2. The van der Waals surface area contributed by atoms with E-state index in [1.807, 2.05) is 60.7 Å². The highest BCUT2D eigenvalue weighted by atomic mass is 16.3. The molecule has 0 heterocycles. The van der Waals surface area contributed by atoms with Crippen LogP contribution in [-0.2, 0) is 4.79 Å². The monoisotopic (exact) mass is 350 g/mol. The molecule has 27 heavy (non-hydrogen) atoms. The third-order valence-corrected chi connectivity index (χ3v) is 5.12. The lowest BCUT2D eigenvalue weighted by Gasteiger charge is -2.20. The van der Waals surface area contributed by atoms with Gasteiger partial charge in [0.25, 0.3) is 0 Å². The molecule has 3 heteroatoms. The molecule has 0 fully saturated rings. The first kappa shape index (κ1) is 15.5. The van der Waals surface area contributed by atoms with Crippen LogP contribution in [0.15, 0.2) is 78.9 Å². The number of carbonyl (C=O) groups excluding carboxylic acids is 2. The number of allylic oxidation sites excluding steroid dienone is 1. The highest BCUT2D eigenvalue weighted by molar-refractivity contribution is 6.62. The second-order valence-corrected chi connectivity index (χ2v) is 6.65. The molecule has 0 saturated heterocycles. The number of benzene rings is 4. The smallest absolute Gasteiger partial charge is 0.237 e. The minimum Gasteiger partial charge on any atom is -0.506 e. The molecule has 4 aromatic rings. The zero-order chi connectivity index (χ0) is 18.5. The lowest BCUT2D eigenvalue weighted by molar-refractivity contribution is -0.110. The van der Waals surface area contributed by atoms with E-state index in [2.05, 4.69) is 0 Å². The summed E-state index contributed by atoms with van der Waals surface area (Å²) in [4.78, 5) is 25.6. The quantitative estimate of drug-likeness (QED) is 0.481. The summed E-state index contributed by atoms with van der Waals surface area (Å²) in [5, 5.41) is 14.7. The van der Waals surface area contributed by atoms with Crippen molar-refractivity contribution in [2.75, 3.05) is 0 Å². The molecule has 0 radical (unpaired) electrons. The molecule has 5 rings (SSSR count). The number of carbonyl (C=O) groups is 2. The van der Waals surface area contributed by atoms with Gasteiger partial charge in [-0.05, 0) is 39.2 Å². The minimum absolute atomic E-state index is 0.0645. The summed E-state index contributed by atoms with van der Waals surface area (Å²) in [5.41, 5.74) is 1.29. The van der Waals surface area contributed by atoms with E-state index in [0.29, 0.717) is 11.1 Å². The fourth-order valence-corrected chi connectivity index (χ4v) is 3.80. The van der Waals surface area contributed by atoms with E-state index in [9.17, 15) is 14.7 Å². The van der Waals surface area contributed by atoms with Gasteiger partial charge in [0.15, 0.2) is 0 Å². The molecule has 0 bridgehead atoms. The second-order valence-electron chi connectivity index (χ2n) is 6.65. The zero-order valence-corrected chi connectivity index (χ0v) is 14.3. The van der Waals surface area contributed by atoms with Gasteiger partial charge in [-0.15, -0.1) is 0 Å². The molecule has 128 valence electrons. The van der Waals surface area contributed by atoms with Crippen LogP contribution in [0.5, 0.6) is 0 Å². The van der Waals surface area contributed by atoms with Crippen LogP contribution >= 0.6 is 0 Å². The molecule has 3 nitrogen and oxygen atoms in total. The molecule has 0 atom stereocenters. The maximum atomic E-state index is 12.8. The number of rotatable bonds is 1. The number of ketones is 2. The summed E-state index contributed by atoms with van der Waals surface area (Å²) in [6.45, 7) is 0. The normalized spacial score (nSPS) is 14.1. The van der Waals surface area contributed by atoms with Gasteiger partial charge in [-0.25, -0.2) is 0 Å². The average molecular weight is 350 g/mol. The summed E-state index contributed by atoms with van der Waals surface area (Å²) in [5.74, 6) is -1.40. The molecule has 0 saturated carbocycles. The maximum Gasteiger partial charge on any atom is 0.237 e. The topological polar surface area (TPSA) is 54.4 Å². The molecular weight excluding hydrogens is 336 g/mol. The van der Waals surface area contributed by atoms with E-state index in [1.54, 1.807) is 18.2 Å². The molecule has 1 aliphatic rings. The Bertz CT molecular complexity index is 1310. The van der Waals surface area contributed by atoms with Crippen molar-refractivity contribution in [1.29, 1.82) is 0 Å². The molecule has 0 aliphatic heterocycles. The largest absolute Gasteiger partial charge is 0.506 e. The summed E-state index contributed by atoms with van der Waals surface area (Å²) >= 11 is 0. The van der Waals surface area contributed by atoms with Crippen molar-refractivity contribution in [1.82, 2.24) is 0 Å². The van der Waals surface area contributed by atoms with E-state index in [4.69, 9.17) is 0 Å². The molecule has 0 amide bonds. The Morgan fingerprint density at radius 3 is 2.11 bits per heavy atom. The van der Waals surface area contributed by atoms with E-state index in [0.717, 1.165) is 21.5 Å². The minimum atomic E-state index is -0.675. The van der Waals surface area contributed by atoms with Crippen LogP contribution in [0.25, 0.3) is 32.9 Å². The van der Waals surface area contributed by atoms with Crippen molar-refractivity contribution >= 4 is 44.4 Å². The van der Waals surface area contributed by atoms with Crippen LogP contribution in [0.1, 0.15) is 21.5 Å². The van der Waals surface area contributed by atoms with Crippen molar-refractivity contribution in [2.45, 2.75) is 0 Å². The van der Waals surface area contributed by atoms with Gasteiger partial charge in [-0.3, -0.25) is 9.59 Å². The summed E-state index contributed by atoms with van der Waals surface area (Å²) in [7, 11) is 0. The molecule has 0 unspecified atom stereocenters. The van der Waals surface area contributed by atoms with Crippen molar-refractivity contribution in [3.8, 4) is 0 Å². The van der Waals surface area contributed by atoms with Crippen molar-refractivity contribution in [3.63, 3.8) is 0 Å². The van der Waals surface area contributed by atoms with Crippen LogP contribution in [0.4, 0.5) is 0 Å². The van der Waals surface area contributed by atoms with Gasteiger partial charge in [-0.1, -0.05) is 66.7 Å². The van der Waals surface area contributed by atoms with Gasteiger partial charge in [0.1, 0.15) is 5.76 Å². The van der Waals surface area contributed by atoms with Gasteiger partial charge in [0, 0.05) is 11.1 Å². The number of hydrogen-bond donors (Lipinski definition) is 1. The van der Waals surface area contributed by atoms with Crippen LogP contribution in [-0.4, -0.2) is 16.7 Å². The van der Waals surface area contributed by atoms with Crippen LogP contribution in [0.3, 0.4) is 0 Å². The highest BCUT2D eigenvalue weighted by Crippen LogP contribution is 2.38. The molecular formula is C24H14O3. The number of hydrogen-bond acceptors (Lipinski definition) is 3. The van der Waals surface area contributed by atoms with Gasteiger partial charge in [0.05, 0.1) is 5.57 Å². The molecule has 0 spiro atoms. The van der Waals surface area contributed by atoms with Crippen LogP contribution in [0, 0.1) is 0 Å². The van der Waals surface area contributed by atoms with Gasteiger partial charge >= 0.3 is 0 Å². The first-order valence-corrected chi connectivity index (χ1v) is 8.69. The second kappa shape index (κ2) is 5.64. The molecule has 1 N–H and O–H groups in total. The van der Waals surface area contributed by atoms with Gasteiger partial charge in [-0.2, -0.15) is 0 Å². The molecule has 1 aliphatic carbocycles. The van der Waals surface area contributed by atoms with E-state index in [-0.39, 0.29) is 16.9 Å². The van der Waals surface area contributed by atoms with Crippen molar-refractivity contribution in [3.05, 3.63) is 95.6 Å². The Morgan fingerprint density at radius 2 is 1.30 bits per heavy atom. The first-order chi connectivity index (χ1) is 13.1. The zero-order valence-electron chi connectivity index (χ0n) is 14.3. The number of aliphatic hydroxyl groups is 1. The SMILES string of the molecule is O=C1C(=O)c2ccc3ccccc3c2C(O)=C1c1ccc2ccccc2c1. The summed E-state index contributed by atoms with van der Waals surface area (Å²) < 4.78 is 0. The third kappa shape index (κ3) is 2.22. The Kier molecular flexibility index (Phi) is 3.25. The maximum absolute atomic E-state index is 12.8. The van der Waals surface area contributed by atoms with Crippen molar-refractivity contribution < 1.29 is 14.7 Å². The molecule has 4 aromatic carbocycles. The van der Waals surface area contributed by atoms with E-state index in [1.165, 1.54) is 0 Å². The van der Waals surface area contributed by atoms with Crippen molar-refractivity contribution in [2.24, 2.45) is 0 Å². The van der Waals surface area contributed by atoms with Gasteiger partial charge in [0.2, 0.25) is 11.6 Å². The standard InChI is InChI=1S/C24H14O3/c25-22-19-12-11-15-6-3-4-8-18(15)21(19)23(26)20(24(22)27)17-10-9-14-5-1-2-7-16(14)13-17/h1-13,26H. The predicted octanol–water partition coefficient (Wildman–Crippen LogP) is 5.18. The summed E-state index contributed by atoms with van der Waals surface area (Å²) in [6.07, 6.45) is 0.